The molecule has 0 saturated heterocycles. The molecule has 0 spiro atoms. The van der Waals surface area contributed by atoms with Crippen LogP contribution < -0.4 is 0 Å². The van der Waals surface area contributed by atoms with Gasteiger partial charge in [-0.25, -0.2) is 4.39 Å². The van der Waals surface area contributed by atoms with Crippen molar-refractivity contribution in [1.82, 2.24) is 24.9 Å². The summed E-state index contributed by atoms with van der Waals surface area (Å²) in [6.07, 6.45) is 3.50. The number of rotatable bonds is 8. The van der Waals surface area contributed by atoms with E-state index in [2.05, 4.69) is 175 Å². The monoisotopic (exact) mass is 2420 g/mol. The number of aromatic nitrogens is 5. The normalized spacial score (nSPS) is 10.2. The summed E-state index contributed by atoms with van der Waals surface area (Å²) in [7, 11) is 0. The van der Waals surface area contributed by atoms with Crippen LogP contribution in [0, 0.1) is 88.7 Å². The molecule has 116 heavy (non-hydrogen) atoms. The van der Waals surface area contributed by atoms with E-state index >= 15 is 0 Å². The molecule has 0 aliphatic rings. The van der Waals surface area contributed by atoms with Crippen LogP contribution in [-0.4, -0.2) is 57.6 Å². The van der Waals surface area contributed by atoms with Crippen LogP contribution in [0.2, 0.25) is 0 Å². The maximum absolute atomic E-state index is 13.2. The van der Waals surface area contributed by atoms with E-state index in [4.69, 9.17) is 32.1 Å². The van der Waals surface area contributed by atoms with Gasteiger partial charge in [-0.15, -0.1) is 160 Å². The van der Waals surface area contributed by atoms with Gasteiger partial charge in [0, 0.05) is 130 Å². The van der Waals surface area contributed by atoms with Gasteiger partial charge in [-0.05, 0) is 166 Å². The van der Waals surface area contributed by atoms with Crippen LogP contribution in [0.25, 0.3) is 116 Å². The Balaban J connectivity index is 0.000000350. The number of pyridine rings is 5. The predicted octanol–water partition coefficient (Wildman–Crippen LogP) is 23.7. The molecule has 597 valence electrons. The number of fused-ring (bicyclic) bond motifs is 5. The second-order valence-electron chi connectivity index (χ2n) is 25.7. The van der Waals surface area contributed by atoms with Gasteiger partial charge >= 0.3 is 0 Å². The molecule has 5 heterocycles. The molecule has 10 aromatic carbocycles. The Morgan fingerprint density at radius 1 is 0.397 bits per heavy atom. The molecule has 3 N–H and O–H groups in total. The zero-order valence-electron chi connectivity index (χ0n) is 65.2. The van der Waals surface area contributed by atoms with Crippen molar-refractivity contribution in [3.63, 3.8) is 0 Å². The van der Waals surface area contributed by atoms with Crippen LogP contribution in [0.3, 0.4) is 0 Å². The second kappa shape index (κ2) is 50.4. The SMILES string of the molecule is CC(=O)C=C(C)O.CC(=O)C=C(C)O.CC(=O)C=C(C)O.Cc1[c-]c(-c2nc3ccc(C)cc3cc2C)ccc1.Cc1cc(-c2[c-]cccc2)nc2ccccc12.Cc1cc[c-]c(-c2ccc3ccccc3n2)c1.N#Cc1ccc2nc(-c3[c-]ccc(F)c3)ccc2c1.[C-]#[N+]c1cc[c-]c(-c2ccc3ccccc3n2)c1.[Ir].[Ir].[Ir].[Ir].[Ir]. The maximum atomic E-state index is 13.2. The molecule has 0 saturated carbocycles. The quantitative estimate of drug-likeness (QED) is 0.0738. The average Bonchev–Trinajstić information content (AvgIpc) is 0.812. The summed E-state index contributed by atoms with van der Waals surface area (Å²) in [5.41, 5.74) is 21.3. The van der Waals surface area contributed by atoms with E-state index in [1.54, 1.807) is 36.4 Å². The van der Waals surface area contributed by atoms with E-state index < -0.39 is 0 Å². The molecular weight excluding hydrogens is 2340 g/mol. The number of nitrogens with zero attached hydrogens (tertiary/aromatic N) is 7. The van der Waals surface area contributed by atoms with Gasteiger partial charge in [-0.3, -0.25) is 44.1 Å². The molecule has 15 rings (SSSR count). The third-order valence-electron chi connectivity index (χ3n) is 16.0. The van der Waals surface area contributed by atoms with Crippen LogP contribution in [0.5, 0.6) is 0 Å². The molecule has 0 unspecified atom stereocenters. The first-order chi connectivity index (χ1) is 53.3. The van der Waals surface area contributed by atoms with Crippen molar-refractivity contribution in [1.29, 1.82) is 5.26 Å². The van der Waals surface area contributed by atoms with Gasteiger partial charge in [0.2, 0.25) is 0 Å². The summed E-state index contributed by atoms with van der Waals surface area (Å²) in [6, 6.07) is 100.0. The summed E-state index contributed by atoms with van der Waals surface area (Å²) in [5, 5.41) is 39.5. The average molecular weight is 2420 g/mol. The number of allylic oxidation sites excluding steroid dienone is 6. The Labute approximate surface area is 745 Å². The number of ketones is 3. The van der Waals surface area contributed by atoms with Crippen molar-refractivity contribution >= 4 is 77.6 Å². The molecule has 0 aliphatic carbocycles. The number of carbonyl (C=O) groups is 3. The molecule has 0 fully saturated rings. The summed E-state index contributed by atoms with van der Waals surface area (Å²) >= 11 is 0. The molecular formula is C97H81FIr5N7O6-5. The van der Waals surface area contributed by atoms with Gasteiger partial charge in [0.05, 0.1) is 63.1 Å². The van der Waals surface area contributed by atoms with Crippen LogP contribution in [-0.2, 0) is 115 Å². The molecule has 0 amide bonds. The number of aryl methyl sites for hydroxylation is 5. The fourth-order valence-electron chi connectivity index (χ4n) is 11.1. The molecule has 0 bridgehead atoms. The third kappa shape index (κ3) is 32.0. The minimum absolute atomic E-state index is 0. The molecule has 15 aromatic rings. The number of halogens is 1. The van der Waals surface area contributed by atoms with Crippen molar-refractivity contribution < 1.29 is 135 Å². The first kappa shape index (κ1) is 99.2. The van der Waals surface area contributed by atoms with Gasteiger partial charge in [0.15, 0.2) is 17.3 Å². The maximum Gasteiger partial charge on any atom is 0.155 e. The molecule has 5 aromatic heterocycles. The molecule has 0 atom stereocenters. The largest absolute Gasteiger partial charge is 0.512 e. The van der Waals surface area contributed by atoms with E-state index in [1.165, 1.54) is 116 Å². The molecule has 5 radical (unpaired) electrons. The van der Waals surface area contributed by atoms with E-state index in [0.29, 0.717) is 22.5 Å². The standard InChI is InChI=1S/C18H16N.C16H8FN2.C16H9N2.2C16H12N.3C5H8O2.5Ir/c1-12-5-4-6-15(9-12)18-14(3)11-16-10-13(2)7-8-17(16)19-18;17-14-3-1-2-12(9-14)16-7-5-13-8-11(10-18)4-6-15(13)19-16;1-17-14-7-4-6-13(11-14)16-10-9-12-5-2-3-8-15(12)18-16;1-12-5-4-7-14(11-12)16-10-9-13-6-2-3-8-15(13)17-16;1-12-11-16(13-7-3-2-4-8-13)17-15-10-6-5-9-14(12)15;3*1-4(6)3-5(2)7;;;;;/h4-8,10-11H,1-3H3;1,3-9H;2-5,7-11H;2-6,8-11H,1H3;2-7,9-11H,1H3;3*3,6H,1-2H3;;;;;/q5*-1;;;;;;;;. The van der Waals surface area contributed by atoms with Crippen molar-refractivity contribution in [3.8, 4) is 62.4 Å². The van der Waals surface area contributed by atoms with E-state index in [1.807, 2.05) is 121 Å². The summed E-state index contributed by atoms with van der Waals surface area (Å²) in [6.45, 7) is 26.1. The number of para-hydroxylation sites is 3. The molecule has 0 aliphatic heterocycles. The first-order valence-corrected chi connectivity index (χ1v) is 35.2. The topological polar surface area (TPSA) is 204 Å². The van der Waals surface area contributed by atoms with Gasteiger partial charge in [-0.2, -0.15) is 11.3 Å². The van der Waals surface area contributed by atoms with E-state index in [0.717, 1.165) is 88.9 Å². The number of hydrogen-bond acceptors (Lipinski definition) is 12. The second-order valence-corrected chi connectivity index (χ2v) is 25.7. The third-order valence-corrected chi connectivity index (χ3v) is 16.0. The van der Waals surface area contributed by atoms with Crippen LogP contribution >= 0.6 is 0 Å². The molecule has 13 nitrogen and oxygen atoms in total. The van der Waals surface area contributed by atoms with E-state index in [9.17, 15) is 18.8 Å². The zero-order chi connectivity index (χ0) is 79.9. The number of nitriles is 1. The Kier molecular flexibility index (Phi) is 43.1. The van der Waals surface area contributed by atoms with E-state index in [-0.39, 0.29) is 141 Å². The van der Waals surface area contributed by atoms with Crippen LogP contribution in [0.1, 0.15) is 74.9 Å². The number of carbonyl (C=O) groups excluding carboxylic acids is 3. The first-order valence-electron chi connectivity index (χ1n) is 35.2. The summed E-state index contributed by atoms with van der Waals surface area (Å²) < 4.78 is 13.2. The number of hydrogen-bond donors (Lipinski definition) is 3. The Morgan fingerprint density at radius 2 is 0.853 bits per heavy atom. The molecule has 19 heteroatoms. The van der Waals surface area contributed by atoms with Crippen molar-refractivity contribution in [2.75, 3.05) is 0 Å². The fraction of sp³-hybridized carbons (Fsp3) is 0.113. The predicted molar refractivity (Wildman–Crippen MR) is 446 cm³/mol. The van der Waals surface area contributed by atoms with Gasteiger partial charge in [0.25, 0.3) is 0 Å². The minimum Gasteiger partial charge on any atom is -0.512 e. The Morgan fingerprint density at radius 3 is 1.36 bits per heavy atom. The van der Waals surface area contributed by atoms with Gasteiger partial charge < -0.3 is 15.3 Å². The van der Waals surface area contributed by atoms with Gasteiger partial charge in [0.1, 0.15) is 5.69 Å². The van der Waals surface area contributed by atoms with Gasteiger partial charge in [-0.1, -0.05) is 134 Å². The minimum atomic E-state index is -0.310. The Hall–Kier alpha value is -11.0. The Bertz CT molecular complexity index is 5930. The number of aliphatic hydroxyl groups is 3. The van der Waals surface area contributed by atoms with Crippen molar-refractivity contribution in [2.24, 2.45) is 0 Å². The fourth-order valence-corrected chi connectivity index (χ4v) is 11.1. The summed E-state index contributed by atoms with van der Waals surface area (Å²) in [4.78, 5) is 56.6. The number of benzene rings is 10. The summed E-state index contributed by atoms with van der Waals surface area (Å²) in [5.74, 6) is -0.497. The van der Waals surface area contributed by atoms with Crippen molar-refractivity contribution in [2.45, 2.75) is 76.2 Å². The van der Waals surface area contributed by atoms with Crippen LogP contribution in [0.4, 0.5) is 10.1 Å². The van der Waals surface area contributed by atoms with Crippen molar-refractivity contribution in [3.05, 3.63) is 371 Å². The smallest absolute Gasteiger partial charge is 0.155 e. The zero-order valence-corrected chi connectivity index (χ0v) is 77.2. The van der Waals surface area contributed by atoms with Crippen LogP contribution in [0.15, 0.2) is 290 Å². The number of aliphatic hydroxyl groups excluding tert-OH is 3.